The summed E-state index contributed by atoms with van der Waals surface area (Å²) in [5.41, 5.74) is 6.04. The van der Waals surface area contributed by atoms with Crippen LogP contribution in [-0.2, 0) is 10.5 Å². The van der Waals surface area contributed by atoms with Gasteiger partial charge in [0.15, 0.2) is 17.7 Å². The Hall–Kier alpha value is -2.91. The third kappa shape index (κ3) is 6.04. The number of benzene rings is 2. The zero-order chi connectivity index (χ0) is 21.5. The zero-order valence-corrected chi connectivity index (χ0v) is 18.0. The molecule has 0 radical (unpaired) electrons. The van der Waals surface area contributed by atoms with Crippen molar-refractivity contribution in [3.05, 3.63) is 76.0 Å². The minimum Gasteiger partial charge on any atom is -0.478 e. The summed E-state index contributed by atoms with van der Waals surface area (Å²) in [5, 5.41) is 3.07. The lowest BCUT2D eigenvalue weighted by atomic mass is 10.2. The van der Waals surface area contributed by atoms with E-state index < -0.39 is 23.7 Å². The molecule has 0 saturated carbocycles. The van der Waals surface area contributed by atoms with Crippen LogP contribution in [0.15, 0.2) is 58.8 Å². The number of rotatable bonds is 7. The Bertz CT molecular complexity index is 1020. The molecule has 0 spiro atoms. The van der Waals surface area contributed by atoms with Crippen LogP contribution in [0.4, 0.5) is 4.39 Å². The molecule has 156 valence electrons. The van der Waals surface area contributed by atoms with Gasteiger partial charge in [-0.05, 0) is 50.2 Å². The van der Waals surface area contributed by atoms with E-state index in [4.69, 9.17) is 4.74 Å². The van der Waals surface area contributed by atoms with Gasteiger partial charge in [-0.3, -0.25) is 20.4 Å². The number of thioether (sulfide) groups is 1. The van der Waals surface area contributed by atoms with Crippen molar-refractivity contribution < 1.29 is 18.7 Å². The Labute approximate surface area is 181 Å². The maximum atomic E-state index is 13.6. The average Bonchev–Trinajstić information content (AvgIpc) is 3.17. The lowest BCUT2D eigenvalue weighted by molar-refractivity contribution is -0.128. The van der Waals surface area contributed by atoms with Crippen molar-refractivity contribution in [2.24, 2.45) is 0 Å². The number of para-hydroxylation sites is 1. The third-order valence-corrected chi connectivity index (χ3v) is 5.85. The highest BCUT2D eigenvalue weighted by atomic mass is 32.2. The summed E-state index contributed by atoms with van der Waals surface area (Å²) >= 11 is 3.24. The molecule has 1 heterocycles. The van der Waals surface area contributed by atoms with E-state index in [2.05, 4.69) is 15.8 Å². The van der Waals surface area contributed by atoms with E-state index in [1.165, 1.54) is 25.1 Å². The van der Waals surface area contributed by atoms with Gasteiger partial charge >= 0.3 is 0 Å². The van der Waals surface area contributed by atoms with Crippen LogP contribution in [0.25, 0.3) is 0 Å². The third-order valence-electron chi connectivity index (χ3n) is 3.98. The Morgan fingerprint density at radius 2 is 1.90 bits per heavy atom. The van der Waals surface area contributed by atoms with E-state index in [-0.39, 0.29) is 5.75 Å². The topological polar surface area (TPSA) is 80.3 Å². The van der Waals surface area contributed by atoms with Crippen molar-refractivity contribution in [3.8, 4) is 5.75 Å². The van der Waals surface area contributed by atoms with Crippen molar-refractivity contribution >= 4 is 34.9 Å². The molecule has 0 fully saturated rings. The maximum Gasteiger partial charge on any atom is 0.279 e. The van der Waals surface area contributed by atoms with Crippen molar-refractivity contribution in [1.29, 1.82) is 0 Å². The Morgan fingerprint density at radius 1 is 1.17 bits per heavy atom. The monoisotopic (exact) mass is 445 g/mol. The number of ether oxygens (including phenoxy) is 1. The van der Waals surface area contributed by atoms with Crippen LogP contribution in [0, 0.1) is 12.7 Å². The zero-order valence-electron chi connectivity index (χ0n) is 16.3. The van der Waals surface area contributed by atoms with E-state index in [1.54, 1.807) is 41.3 Å². The van der Waals surface area contributed by atoms with E-state index in [0.717, 1.165) is 21.3 Å². The number of amides is 2. The second-order valence-corrected chi connectivity index (χ2v) is 8.42. The molecule has 9 heteroatoms. The van der Waals surface area contributed by atoms with E-state index in [0.29, 0.717) is 5.56 Å². The van der Waals surface area contributed by atoms with Gasteiger partial charge in [0.05, 0.1) is 10.7 Å². The summed E-state index contributed by atoms with van der Waals surface area (Å²) in [7, 11) is 0. The van der Waals surface area contributed by atoms with Crippen molar-refractivity contribution in [2.45, 2.75) is 30.6 Å². The summed E-state index contributed by atoms with van der Waals surface area (Å²) in [5.74, 6) is -0.909. The van der Waals surface area contributed by atoms with Gasteiger partial charge in [-0.1, -0.05) is 12.1 Å². The normalized spacial score (nSPS) is 11.6. The summed E-state index contributed by atoms with van der Waals surface area (Å²) in [6.45, 7) is 3.43. The molecule has 0 aliphatic rings. The fraction of sp³-hybridized carbons (Fsp3) is 0.190. The molecule has 2 aromatic carbocycles. The van der Waals surface area contributed by atoms with Gasteiger partial charge in [-0.15, -0.1) is 23.1 Å². The quantitative estimate of drug-likeness (QED) is 0.423. The van der Waals surface area contributed by atoms with E-state index in [1.807, 2.05) is 24.4 Å². The highest BCUT2D eigenvalue weighted by Gasteiger charge is 2.17. The van der Waals surface area contributed by atoms with Crippen molar-refractivity contribution in [3.63, 3.8) is 0 Å². The first kappa shape index (κ1) is 21.8. The molecule has 2 amide bonds. The SMILES string of the molecule is Cc1nc(CSc2ccc(C(=O)NNC(=O)C(C)Oc3ccccc3F)cc2)cs1. The van der Waals surface area contributed by atoms with E-state index in [9.17, 15) is 14.0 Å². The Morgan fingerprint density at radius 3 is 2.57 bits per heavy atom. The number of halogens is 1. The highest BCUT2D eigenvalue weighted by Crippen LogP contribution is 2.24. The summed E-state index contributed by atoms with van der Waals surface area (Å²) in [6.07, 6.45) is -0.990. The van der Waals surface area contributed by atoms with Crippen LogP contribution < -0.4 is 15.6 Å². The fourth-order valence-electron chi connectivity index (χ4n) is 2.41. The molecule has 30 heavy (non-hydrogen) atoms. The number of hydrogen-bond donors (Lipinski definition) is 2. The first-order chi connectivity index (χ1) is 14.4. The second-order valence-electron chi connectivity index (χ2n) is 6.30. The molecule has 0 aliphatic carbocycles. The molecule has 1 atom stereocenters. The molecule has 3 aromatic rings. The Kier molecular flexibility index (Phi) is 7.42. The summed E-state index contributed by atoms with van der Waals surface area (Å²) in [6, 6.07) is 12.8. The molecule has 0 saturated heterocycles. The number of carbonyl (C=O) groups excluding carboxylic acids is 2. The summed E-state index contributed by atoms with van der Waals surface area (Å²) < 4.78 is 18.9. The highest BCUT2D eigenvalue weighted by molar-refractivity contribution is 7.98. The van der Waals surface area contributed by atoms with Gasteiger partial charge in [0.2, 0.25) is 0 Å². The lowest BCUT2D eigenvalue weighted by Crippen LogP contribution is -2.47. The molecule has 0 aliphatic heterocycles. The van der Waals surface area contributed by atoms with Crippen LogP contribution >= 0.6 is 23.1 Å². The van der Waals surface area contributed by atoms with Crippen LogP contribution in [0.3, 0.4) is 0 Å². The number of hydrazine groups is 1. The summed E-state index contributed by atoms with van der Waals surface area (Å²) in [4.78, 5) is 29.8. The molecule has 2 N–H and O–H groups in total. The molecule has 1 unspecified atom stereocenters. The maximum absolute atomic E-state index is 13.6. The van der Waals surface area contributed by atoms with Gasteiger partial charge in [-0.25, -0.2) is 9.37 Å². The van der Waals surface area contributed by atoms with Crippen LogP contribution in [-0.4, -0.2) is 22.9 Å². The van der Waals surface area contributed by atoms with Crippen LogP contribution in [0.2, 0.25) is 0 Å². The molecule has 0 bridgehead atoms. The number of aromatic nitrogens is 1. The van der Waals surface area contributed by atoms with Crippen molar-refractivity contribution in [2.75, 3.05) is 0 Å². The van der Waals surface area contributed by atoms with Gasteiger partial charge in [0.25, 0.3) is 11.8 Å². The Balaban J connectivity index is 1.47. The second kappa shape index (κ2) is 10.2. The first-order valence-electron chi connectivity index (χ1n) is 9.07. The predicted octanol–water partition coefficient (Wildman–Crippen LogP) is 4.11. The average molecular weight is 446 g/mol. The number of nitrogens with zero attached hydrogens (tertiary/aromatic N) is 1. The fourth-order valence-corrected chi connectivity index (χ4v) is 3.92. The largest absolute Gasteiger partial charge is 0.478 e. The van der Waals surface area contributed by atoms with Crippen LogP contribution in [0.1, 0.15) is 28.0 Å². The van der Waals surface area contributed by atoms with Crippen LogP contribution in [0.5, 0.6) is 5.75 Å². The number of thiazole rings is 1. The number of nitrogens with one attached hydrogen (secondary N) is 2. The predicted molar refractivity (Wildman–Crippen MR) is 115 cm³/mol. The number of aryl methyl sites for hydroxylation is 1. The number of carbonyl (C=O) groups is 2. The molecular weight excluding hydrogens is 425 g/mol. The van der Waals surface area contributed by atoms with Crippen molar-refractivity contribution in [1.82, 2.24) is 15.8 Å². The minimum absolute atomic E-state index is 0.0348. The number of hydrogen-bond acceptors (Lipinski definition) is 6. The lowest BCUT2D eigenvalue weighted by Gasteiger charge is -2.15. The van der Waals surface area contributed by atoms with Gasteiger partial charge in [-0.2, -0.15) is 0 Å². The molecule has 3 rings (SSSR count). The van der Waals surface area contributed by atoms with Gasteiger partial charge in [0.1, 0.15) is 0 Å². The standard InChI is InChI=1S/C21H20FN3O3S2/c1-13(28-19-6-4-3-5-18(19)22)20(26)24-25-21(27)15-7-9-17(10-8-15)30-12-16-11-29-14(2)23-16/h3-11,13H,12H2,1-2H3,(H,24,26)(H,25,27). The smallest absolute Gasteiger partial charge is 0.279 e. The van der Waals surface area contributed by atoms with Gasteiger partial charge < -0.3 is 4.74 Å². The van der Waals surface area contributed by atoms with Gasteiger partial charge in [0, 0.05) is 21.6 Å². The molecule has 1 aromatic heterocycles. The molecule has 6 nitrogen and oxygen atoms in total. The minimum atomic E-state index is -0.990. The van der Waals surface area contributed by atoms with E-state index >= 15 is 0 Å². The molecular formula is C21H20FN3O3S2. The first-order valence-corrected chi connectivity index (χ1v) is 10.9.